The van der Waals surface area contributed by atoms with E-state index in [-0.39, 0.29) is 16.9 Å². The Hall–Kier alpha value is -2.12. The average Bonchev–Trinajstić information content (AvgIpc) is 3.82. The maximum absolute atomic E-state index is 11.9. The van der Waals surface area contributed by atoms with Crippen molar-refractivity contribution in [1.82, 2.24) is 14.9 Å². The molecule has 7 aliphatic rings. The molecule has 246 valence electrons. The highest BCUT2D eigenvalue weighted by Crippen LogP contribution is 2.67. The second kappa shape index (κ2) is 11.8. The standard InChI is InChI=1S/C38H58N6O/c1-27-24-31-29-12-11-28-10-4-5-14-37(28,2)35(29)32(45)26-38(31,3)30(27)13-19-41-20-22-43(23-21-41)34-25-33(42-15-6-7-16-42)39-36(40-34)44-17-8-9-18-44/h5,10,14,25,27,29-32,35,45H,4,6-9,11-13,15-24,26H2,1-3H3/t27?,29-,30-,31-,32?,35+,37-,38+/m0/s1. The second-order valence-electron chi connectivity index (χ2n) is 16.5. The van der Waals surface area contributed by atoms with Crippen LogP contribution in [0.2, 0.25) is 0 Å². The molecule has 0 radical (unpaired) electrons. The van der Waals surface area contributed by atoms with Crippen LogP contribution < -0.4 is 14.7 Å². The first-order chi connectivity index (χ1) is 21.8. The Kier molecular flexibility index (Phi) is 7.95. The van der Waals surface area contributed by atoms with Gasteiger partial charge >= 0.3 is 0 Å². The van der Waals surface area contributed by atoms with Gasteiger partial charge < -0.3 is 19.8 Å². The third-order valence-electron chi connectivity index (χ3n) is 14.1. The first kappa shape index (κ1) is 30.2. The summed E-state index contributed by atoms with van der Waals surface area (Å²) in [6.07, 6.45) is 19.4. The van der Waals surface area contributed by atoms with E-state index in [0.717, 1.165) is 94.6 Å². The predicted molar refractivity (Wildman–Crippen MR) is 184 cm³/mol. The Morgan fingerprint density at radius 3 is 2.27 bits per heavy atom. The van der Waals surface area contributed by atoms with Gasteiger partial charge in [0.1, 0.15) is 11.6 Å². The van der Waals surface area contributed by atoms with E-state index in [1.807, 2.05) is 0 Å². The van der Waals surface area contributed by atoms with E-state index in [4.69, 9.17) is 9.97 Å². The number of aromatic nitrogens is 2. The number of nitrogens with zero attached hydrogens (tertiary/aromatic N) is 6. The normalized spacial score (nSPS) is 40.0. The number of rotatable bonds is 6. The predicted octanol–water partition coefficient (Wildman–Crippen LogP) is 6.15. The lowest BCUT2D eigenvalue weighted by atomic mass is 9.47. The Morgan fingerprint density at radius 1 is 0.889 bits per heavy atom. The molecular formula is C38H58N6O. The number of aliphatic hydroxyl groups is 1. The molecule has 3 aliphatic heterocycles. The quantitative estimate of drug-likeness (QED) is 0.386. The number of anilines is 3. The maximum Gasteiger partial charge on any atom is 0.229 e. The lowest BCUT2D eigenvalue weighted by molar-refractivity contribution is -0.116. The number of aliphatic hydroxyl groups excluding tert-OH is 1. The van der Waals surface area contributed by atoms with Gasteiger partial charge in [0, 0.05) is 69.8 Å². The molecule has 0 aromatic carbocycles. The number of hydrogen-bond acceptors (Lipinski definition) is 7. The SMILES string of the molecule is CC1C[C@H]2[C@@H]3CCC4=CCC=C[C@]4(C)[C@H]3C(O)C[C@]2(C)[C@H]1CCN1CCN(c2cc(N3CCCC3)nc(N3CCCC3)n2)CC1. The summed E-state index contributed by atoms with van der Waals surface area (Å²) in [4.78, 5) is 20.3. The lowest BCUT2D eigenvalue weighted by Gasteiger charge is -2.59. The third-order valence-corrected chi connectivity index (χ3v) is 14.1. The number of fused-ring (bicyclic) bond motifs is 5. The largest absolute Gasteiger partial charge is 0.393 e. The topological polar surface area (TPSA) is 59.0 Å². The van der Waals surface area contributed by atoms with Gasteiger partial charge in [0.25, 0.3) is 0 Å². The van der Waals surface area contributed by atoms with Crippen molar-refractivity contribution in [1.29, 1.82) is 0 Å². The Bertz CT molecular complexity index is 1260. The third kappa shape index (κ3) is 5.23. The van der Waals surface area contributed by atoms with Gasteiger partial charge in [-0.1, -0.05) is 44.6 Å². The van der Waals surface area contributed by atoms with E-state index in [1.165, 1.54) is 57.9 Å². The number of hydrogen-bond donors (Lipinski definition) is 1. The minimum absolute atomic E-state index is 0.0665. The summed E-state index contributed by atoms with van der Waals surface area (Å²) in [6.45, 7) is 17.5. The lowest BCUT2D eigenvalue weighted by Crippen LogP contribution is -2.56. The molecule has 0 bridgehead atoms. The summed E-state index contributed by atoms with van der Waals surface area (Å²) in [5.74, 6) is 6.46. The Morgan fingerprint density at radius 2 is 1.56 bits per heavy atom. The molecule has 3 saturated heterocycles. The first-order valence-corrected chi connectivity index (χ1v) is 18.7. The molecule has 4 aliphatic carbocycles. The molecule has 0 spiro atoms. The van der Waals surface area contributed by atoms with Crippen LogP contribution in [0.1, 0.15) is 85.0 Å². The van der Waals surface area contributed by atoms with Crippen molar-refractivity contribution >= 4 is 17.6 Å². The van der Waals surface area contributed by atoms with Crippen molar-refractivity contribution < 1.29 is 5.11 Å². The van der Waals surface area contributed by atoms with E-state index in [9.17, 15) is 5.11 Å². The van der Waals surface area contributed by atoms with Crippen molar-refractivity contribution in [2.45, 2.75) is 91.1 Å². The molecule has 1 aromatic rings. The highest BCUT2D eigenvalue weighted by Gasteiger charge is 2.62. The van der Waals surface area contributed by atoms with Crippen molar-refractivity contribution in [3.63, 3.8) is 0 Å². The summed E-state index contributed by atoms with van der Waals surface area (Å²) in [7, 11) is 0. The molecule has 1 aromatic heterocycles. The molecule has 2 unspecified atom stereocenters. The van der Waals surface area contributed by atoms with Crippen LogP contribution in [0.4, 0.5) is 17.6 Å². The zero-order chi connectivity index (χ0) is 30.8. The van der Waals surface area contributed by atoms with Gasteiger partial charge in [0.05, 0.1) is 6.10 Å². The summed E-state index contributed by atoms with van der Waals surface area (Å²) < 4.78 is 0. The molecule has 8 rings (SSSR count). The van der Waals surface area contributed by atoms with Gasteiger partial charge in [-0.15, -0.1) is 0 Å². The van der Waals surface area contributed by atoms with Crippen LogP contribution in [0, 0.1) is 40.4 Å². The van der Waals surface area contributed by atoms with Crippen LogP contribution in [-0.2, 0) is 0 Å². The molecule has 3 saturated carbocycles. The molecular weight excluding hydrogens is 556 g/mol. The van der Waals surface area contributed by atoms with Gasteiger partial charge in [-0.3, -0.25) is 4.90 Å². The fourth-order valence-corrected chi connectivity index (χ4v) is 11.8. The molecule has 6 fully saturated rings. The van der Waals surface area contributed by atoms with E-state index >= 15 is 0 Å². The van der Waals surface area contributed by atoms with Gasteiger partial charge in [-0.2, -0.15) is 9.97 Å². The number of allylic oxidation sites excluding steroid dienone is 4. The highest BCUT2D eigenvalue weighted by atomic mass is 16.3. The van der Waals surface area contributed by atoms with Crippen LogP contribution in [0.15, 0.2) is 29.9 Å². The Balaban J connectivity index is 0.921. The zero-order valence-corrected chi connectivity index (χ0v) is 28.3. The summed E-state index contributed by atoms with van der Waals surface area (Å²) >= 11 is 0. The average molecular weight is 615 g/mol. The van der Waals surface area contributed by atoms with Gasteiger partial charge in [-0.25, -0.2) is 0 Å². The molecule has 8 atom stereocenters. The van der Waals surface area contributed by atoms with Crippen LogP contribution in [-0.4, -0.2) is 85.0 Å². The van der Waals surface area contributed by atoms with E-state index in [1.54, 1.807) is 5.57 Å². The van der Waals surface area contributed by atoms with Gasteiger partial charge in [0.15, 0.2) is 0 Å². The monoisotopic (exact) mass is 614 g/mol. The van der Waals surface area contributed by atoms with Crippen LogP contribution >= 0.6 is 0 Å². The summed E-state index contributed by atoms with van der Waals surface area (Å²) in [6, 6.07) is 2.27. The molecule has 1 N–H and O–H groups in total. The van der Waals surface area contributed by atoms with Crippen molar-refractivity contribution in [2.75, 3.05) is 73.6 Å². The van der Waals surface area contributed by atoms with E-state index in [0.29, 0.717) is 17.8 Å². The fraction of sp³-hybridized carbons (Fsp3) is 0.789. The number of piperazine rings is 1. The van der Waals surface area contributed by atoms with Gasteiger partial charge in [-0.05, 0) is 99.8 Å². The highest BCUT2D eigenvalue weighted by molar-refractivity contribution is 5.56. The molecule has 7 heteroatoms. The van der Waals surface area contributed by atoms with Gasteiger partial charge in [0.2, 0.25) is 5.95 Å². The smallest absolute Gasteiger partial charge is 0.229 e. The Labute approximate surface area is 272 Å². The first-order valence-electron chi connectivity index (χ1n) is 18.7. The van der Waals surface area contributed by atoms with Crippen LogP contribution in [0.25, 0.3) is 0 Å². The van der Waals surface area contributed by atoms with E-state index < -0.39 is 0 Å². The summed E-state index contributed by atoms with van der Waals surface area (Å²) in [5.41, 5.74) is 1.94. The molecule has 0 amide bonds. The second-order valence-corrected chi connectivity index (χ2v) is 16.5. The zero-order valence-electron chi connectivity index (χ0n) is 28.3. The summed E-state index contributed by atoms with van der Waals surface area (Å²) in [5, 5.41) is 11.9. The maximum atomic E-state index is 11.9. The fourth-order valence-electron chi connectivity index (χ4n) is 11.8. The van der Waals surface area contributed by atoms with Crippen molar-refractivity contribution in [3.8, 4) is 0 Å². The van der Waals surface area contributed by atoms with Crippen molar-refractivity contribution in [3.05, 3.63) is 29.9 Å². The van der Waals surface area contributed by atoms with Crippen LogP contribution in [0.3, 0.4) is 0 Å². The van der Waals surface area contributed by atoms with Crippen molar-refractivity contribution in [2.24, 2.45) is 40.4 Å². The molecule has 45 heavy (non-hydrogen) atoms. The molecule has 4 heterocycles. The minimum Gasteiger partial charge on any atom is -0.393 e. The van der Waals surface area contributed by atoms with E-state index in [2.05, 4.69) is 64.7 Å². The van der Waals surface area contributed by atoms with Crippen LogP contribution in [0.5, 0.6) is 0 Å². The minimum atomic E-state index is -0.187. The molecule has 7 nitrogen and oxygen atoms in total.